The van der Waals surface area contributed by atoms with Crippen LogP contribution in [-0.2, 0) is 6.42 Å². The molecule has 2 atom stereocenters. The monoisotopic (exact) mass is 379 g/mol. The van der Waals surface area contributed by atoms with E-state index in [-0.39, 0.29) is 6.61 Å². The Balaban J connectivity index is 2.50. The molecule has 0 saturated heterocycles. The summed E-state index contributed by atoms with van der Waals surface area (Å²) in [6.45, 7) is 9.60. The predicted octanol–water partition coefficient (Wildman–Crippen LogP) is 4.96. The zero-order chi connectivity index (χ0) is 20.3. The molecule has 0 aromatic heterocycles. The number of hydrogen-bond acceptors (Lipinski definition) is 4. The van der Waals surface area contributed by atoms with Gasteiger partial charge in [0.15, 0.2) is 11.5 Å². The predicted molar refractivity (Wildman–Crippen MR) is 114 cm³/mol. The first kappa shape index (κ1) is 23.8. The summed E-state index contributed by atoms with van der Waals surface area (Å²) in [6.07, 6.45) is 7.25. The van der Waals surface area contributed by atoms with E-state index in [2.05, 4.69) is 26.8 Å². The lowest BCUT2D eigenvalue weighted by molar-refractivity contribution is 0.183. The molecule has 1 aromatic carbocycles. The fourth-order valence-electron chi connectivity index (χ4n) is 3.14. The molecule has 156 valence electrons. The molecule has 0 radical (unpaired) electrons. The van der Waals surface area contributed by atoms with Gasteiger partial charge in [-0.3, -0.25) is 0 Å². The molecular weight excluding hydrogens is 338 g/mol. The van der Waals surface area contributed by atoms with E-state index < -0.39 is 5.54 Å². The van der Waals surface area contributed by atoms with Crippen molar-refractivity contribution in [2.24, 2.45) is 17.6 Å². The van der Waals surface area contributed by atoms with Crippen molar-refractivity contribution in [2.45, 2.75) is 78.2 Å². The molecule has 0 saturated carbocycles. The normalized spacial score (nSPS) is 14.8. The Bertz CT molecular complexity index is 526. The molecule has 4 nitrogen and oxygen atoms in total. The number of nitrogens with two attached hydrogens (primary N) is 1. The largest absolute Gasteiger partial charge is 0.493 e. The molecule has 0 fully saturated rings. The number of hydrogen-bond donors (Lipinski definition) is 2. The lowest BCUT2D eigenvalue weighted by Crippen LogP contribution is -2.43. The lowest BCUT2D eigenvalue weighted by atomic mass is 9.90. The Kier molecular flexibility index (Phi) is 10.8. The minimum absolute atomic E-state index is 0.0111. The molecule has 0 aliphatic rings. The quantitative estimate of drug-likeness (QED) is 0.479. The van der Waals surface area contributed by atoms with Crippen LogP contribution >= 0.6 is 0 Å². The molecule has 0 aliphatic heterocycles. The third-order valence-electron chi connectivity index (χ3n) is 5.51. The Morgan fingerprint density at radius 3 is 2.44 bits per heavy atom. The third kappa shape index (κ3) is 8.98. The SMILES string of the molecule is CC[C@@](N)(CO)CCc1ccc(OCCC(C)CCCC(C)C)c(OC)c1. The summed E-state index contributed by atoms with van der Waals surface area (Å²) < 4.78 is 11.5. The number of aliphatic hydroxyl groups excluding tert-OH is 1. The van der Waals surface area contributed by atoms with Crippen molar-refractivity contribution in [1.82, 2.24) is 0 Å². The van der Waals surface area contributed by atoms with E-state index in [9.17, 15) is 5.11 Å². The molecule has 3 N–H and O–H groups in total. The first-order valence-corrected chi connectivity index (χ1v) is 10.5. The first-order chi connectivity index (χ1) is 12.8. The van der Waals surface area contributed by atoms with Crippen LogP contribution < -0.4 is 15.2 Å². The minimum atomic E-state index is -0.506. The third-order valence-corrected chi connectivity index (χ3v) is 5.51. The van der Waals surface area contributed by atoms with Crippen molar-refractivity contribution in [3.05, 3.63) is 23.8 Å². The Hall–Kier alpha value is -1.26. The smallest absolute Gasteiger partial charge is 0.161 e. The topological polar surface area (TPSA) is 64.7 Å². The summed E-state index contributed by atoms with van der Waals surface area (Å²) >= 11 is 0. The maximum Gasteiger partial charge on any atom is 0.161 e. The molecule has 27 heavy (non-hydrogen) atoms. The molecule has 0 amide bonds. The van der Waals surface area contributed by atoms with Gasteiger partial charge in [-0.15, -0.1) is 0 Å². The number of aliphatic hydroxyl groups is 1. The highest BCUT2D eigenvalue weighted by molar-refractivity contribution is 5.43. The number of benzene rings is 1. The van der Waals surface area contributed by atoms with Crippen molar-refractivity contribution < 1.29 is 14.6 Å². The zero-order valence-corrected chi connectivity index (χ0v) is 18.1. The van der Waals surface area contributed by atoms with Crippen LogP contribution in [0.5, 0.6) is 11.5 Å². The standard InChI is InChI=1S/C23H41NO3/c1-6-23(24,17-25)14-12-20-10-11-21(22(16-20)26-5)27-15-13-19(4)9-7-8-18(2)3/h10-11,16,18-19,25H,6-9,12-15,17,24H2,1-5H3/t19?,23-/m0/s1. The van der Waals surface area contributed by atoms with Crippen LogP contribution in [0.1, 0.15) is 71.8 Å². The van der Waals surface area contributed by atoms with Crippen LogP contribution in [0.25, 0.3) is 0 Å². The van der Waals surface area contributed by atoms with Gasteiger partial charge in [0.05, 0.1) is 20.3 Å². The summed E-state index contributed by atoms with van der Waals surface area (Å²) in [5.41, 5.74) is 6.83. The highest BCUT2D eigenvalue weighted by atomic mass is 16.5. The minimum Gasteiger partial charge on any atom is -0.493 e. The van der Waals surface area contributed by atoms with Crippen molar-refractivity contribution >= 4 is 0 Å². The summed E-state index contributed by atoms with van der Waals surface area (Å²) in [7, 11) is 1.67. The van der Waals surface area contributed by atoms with Gasteiger partial charge in [0.25, 0.3) is 0 Å². The van der Waals surface area contributed by atoms with E-state index in [1.54, 1.807) is 7.11 Å². The number of rotatable bonds is 14. The zero-order valence-electron chi connectivity index (χ0n) is 18.1. The van der Waals surface area contributed by atoms with E-state index in [0.717, 1.165) is 48.7 Å². The summed E-state index contributed by atoms with van der Waals surface area (Å²) in [4.78, 5) is 0. The fourth-order valence-corrected chi connectivity index (χ4v) is 3.14. The van der Waals surface area contributed by atoms with E-state index in [4.69, 9.17) is 15.2 Å². The molecule has 0 heterocycles. The lowest BCUT2D eigenvalue weighted by Gasteiger charge is -2.25. The van der Waals surface area contributed by atoms with Crippen molar-refractivity contribution in [3.8, 4) is 11.5 Å². The van der Waals surface area contributed by atoms with Gasteiger partial charge in [-0.1, -0.05) is 53.0 Å². The Morgan fingerprint density at radius 1 is 1.11 bits per heavy atom. The molecule has 1 aromatic rings. The van der Waals surface area contributed by atoms with E-state index >= 15 is 0 Å². The molecule has 1 rings (SSSR count). The summed E-state index contributed by atoms with van der Waals surface area (Å²) in [6, 6.07) is 6.08. The van der Waals surface area contributed by atoms with Crippen LogP contribution in [0.4, 0.5) is 0 Å². The van der Waals surface area contributed by atoms with Crippen LogP contribution in [-0.4, -0.2) is 31.0 Å². The fraction of sp³-hybridized carbons (Fsp3) is 0.739. The second kappa shape index (κ2) is 12.2. The molecular formula is C23H41NO3. The van der Waals surface area contributed by atoms with Crippen LogP contribution in [0.15, 0.2) is 18.2 Å². The maximum absolute atomic E-state index is 9.46. The van der Waals surface area contributed by atoms with E-state index in [1.807, 2.05) is 19.1 Å². The number of ether oxygens (including phenoxy) is 2. The van der Waals surface area contributed by atoms with Gasteiger partial charge in [0, 0.05) is 5.54 Å². The Labute approximate surface area is 166 Å². The van der Waals surface area contributed by atoms with Gasteiger partial charge >= 0.3 is 0 Å². The molecule has 4 heteroatoms. The van der Waals surface area contributed by atoms with Crippen LogP contribution in [0, 0.1) is 11.8 Å². The van der Waals surface area contributed by atoms with Gasteiger partial charge in [-0.05, 0) is 55.2 Å². The van der Waals surface area contributed by atoms with E-state index in [1.165, 1.54) is 19.3 Å². The van der Waals surface area contributed by atoms with E-state index in [0.29, 0.717) is 12.5 Å². The average molecular weight is 380 g/mol. The average Bonchev–Trinajstić information content (AvgIpc) is 2.66. The van der Waals surface area contributed by atoms with Gasteiger partial charge in [0.1, 0.15) is 0 Å². The second-order valence-corrected chi connectivity index (χ2v) is 8.43. The molecule has 1 unspecified atom stereocenters. The van der Waals surface area contributed by atoms with Crippen molar-refractivity contribution in [1.29, 1.82) is 0 Å². The molecule has 0 aliphatic carbocycles. The van der Waals surface area contributed by atoms with Crippen LogP contribution in [0.2, 0.25) is 0 Å². The van der Waals surface area contributed by atoms with Gasteiger partial charge < -0.3 is 20.3 Å². The van der Waals surface area contributed by atoms with Gasteiger partial charge in [0.2, 0.25) is 0 Å². The first-order valence-electron chi connectivity index (χ1n) is 10.5. The van der Waals surface area contributed by atoms with Crippen molar-refractivity contribution in [3.63, 3.8) is 0 Å². The maximum atomic E-state index is 9.46. The summed E-state index contributed by atoms with van der Waals surface area (Å²) in [5, 5.41) is 9.46. The van der Waals surface area contributed by atoms with Gasteiger partial charge in [-0.2, -0.15) is 0 Å². The Morgan fingerprint density at radius 2 is 1.85 bits per heavy atom. The molecule has 0 spiro atoms. The molecule has 0 bridgehead atoms. The summed E-state index contributed by atoms with van der Waals surface area (Å²) in [5.74, 6) is 3.03. The number of methoxy groups -OCH3 is 1. The highest BCUT2D eigenvalue weighted by Gasteiger charge is 2.21. The van der Waals surface area contributed by atoms with Gasteiger partial charge in [-0.25, -0.2) is 0 Å². The number of aryl methyl sites for hydroxylation is 1. The van der Waals surface area contributed by atoms with Crippen molar-refractivity contribution in [2.75, 3.05) is 20.3 Å². The highest BCUT2D eigenvalue weighted by Crippen LogP contribution is 2.30. The second-order valence-electron chi connectivity index (χ2n) is 8.43. The van der Waals surface area contributed by atoms with Crippen LogP contribution in [0.3, 0.4) is 0 Å².